The highest BCUT2D eigenvalue weighted by Crippen LogP contribution is 2.33. The van der Waals surface area contributed by atoms with E-state index in [0.717, 1.165) is 24.3 Å². The fourth-order valence-electron chi connectivity index (χ4n) is 3.04. The van der Waals surface area contributed by atoms with E-state index in [1.807, 2.05) is 12.1 Å². The first-order chi connectivity index (χ1) is 13.2. The van der Waals surface area contributed by atoms with Crippen LogP contribution in [0, 0.1) is 0 Å². The molecular formula is C19H24N4O4. The van der Waals surface area contributed by atoms with Crippen molar-refractivity contribution in [3.05, 3.63) is 41.2 Å². The lowest BCUT2D eigenvalue weighted by Crippen LogP contribution is -2.33. The van der Waals surface area contributed by atoms with Gasteiger partial charge in [-0.1, -0.05) is 0 Å². The number of rotatable bonds is 7. The Labute approximate surface area is 158 Å². The Morgan fingerprint density at radius 3 is 2.63 bits per heavy atom. The maximum atomic E-state index is 12.2. The standard InChI is InChI=1S/C19H24N4O4/c1-25-9-7-20-18(24)15-4-6-21-19(22-15)23-8-5-13-10-16(26-2)17(27-3)11-14(13)12-23/h4,6,10-11H,5,7-9,12H2,1-3H3,(H,20,24). The molecule has 27 heavy (non-hydrogen) atoms. The Kier molecular flexibility index (Phi) is 6.08. The summed E-state index contributed by atoms with van der Waals surface area (Å²) in [7, 11) is 4.85. The molecule has 8 heteroatoms. The number of nitrogens with one attached hydrogen (secondary N) is 1. The van der Waals surface area contributed by atoms with Crippen LogP contribution in [-0.2, 0) is 17.7 Å². The van der Waals surface area contributed by atoms with Gasteiger partial charge in [0.15, 0.2) is 11.5 Å². The Balaban J connectivity index is 1.77. The fourth-order valence-corrected chi connectivity index (χ4v) is 3.04. The summed E-state index contributed by atoms with van der Waals surface area (Å²) in [4.78, 5) is 23.0. The second-order valence-electron chi connectivity index (χ2n) is 6.14. The van der Waals surface area contributed by atoms with Gasteiger partial charge in [-0.15, -0.1) is 0 Å². The number of anilines is 1. The number of aromatic nitrogens is 2. The molecule has 1 aliphatic heterocycles. The summed E-state index contributed by atoms with van der Waals surface area (Å²) in [5.41, 5.74) is 2.70. The SMILES string of the molecule is COCCNC(=O)c1ccnc(N2CCc3cc(OC)c(OC)cc3C2)n1. The number of hydrogen-bond acceptors (Lipinski definition) is 7. The molecule has 0 saturated carbocycles. The molecule has 3 rings (SSSR count). The zero-order valence-corrected chi connectivity index (χ0v) is 15.8. The van der Waals surface area contributed by atoms with E-state index in [1.54, 1.807) is 33.6 Å². The summed E-state index contributed by atoms with van der Waals surface area (Å²) in [5.74, 6) is 1.73. The molecule has 2 heterocycles. The van der Waals surface area contributed by atoms with Crippen LogP contribution in [0.5, 0.6) is 11.5 Å². The van der Waals surface area contributed by atoms with Crippen LogP contribution < -0.4 is 19.7 Å². The maximum Gasteiger partial charge on any atom is 0.270 e. The third-order valence-corrected chi connectivity index (χ3v) is 4.47. The van der Waals surface area contributed by atoms with Gasteiger partial charge in [0.05, 0.1) is 20.8 Å². The van der Waals surface area contributed by atoms with E-state index < -0.39 is 0 Å². The van der Waals surface area contributed by atoms with Crippen molar-refractivity contribution in [2.45, 2.75) is 13.0 Å². The minimum Gasteiger partial charge on any atom is -0.493 e. The number of benzene rings is 1. The van der Waals surface area contributed by atoms with Gasteiger partial charge in [-0.2, -0.15) is 0 Å². The molecule has 0 bridgehead atoms. The third-order valence-electron chi connectivity index (χ3n) is 4.47. The van der Waals surface area contributed by atoms with Gasteiger partial charge in [0, 0.05) is 32.9 Å². The number of amides is 1. The second-order valence-corrected chi connectivity index (χ2v) is 6.14. The topological polar surface area (TPSA) is 85.8 Å². The Bertz CT molecular complexity index is 812. The van der Waals surface area contributed by atoms with Crippen molar-refractivity contribution in [2.24, 2.45) is 0 Å². The lowest BCUT2D eigenvalue weighted by Gasteiger charge is -2.29. The van der Waals surface area contributed by atoms with E-state index >= 15 is 0 Å². The largest absolute Gasteiger partial charge is 0.493 e. The van der Waals surface area contributed by atoms with E-state index in [4.69, 9.17) is 14.2 Å². The molecule has 0 spiro atoms. The van der Waals surface area contributed by atoms with Crippen molar-refractivity contribution < 1.29 is 19.0 Å². The number of carbonyl (C=O) groups excluding carboxylic acids is 1. The van der Waals surface area contributed by atoms with Crippen molar-refractivity contribution in [3.8, 4) is 11.5 Å². The number of ether oxygens (including phenoxy) is 3. The first-order valence-electron chi connectivity index (χ1n) is 8.75. The molecule has 144 valence electrons. The van der Waals surface area contributed by atoms with Crippen LogP contribution in [0.25, 0.3) is 0 Å². The third kappa shape index (κ3) is 4.28. The number of carbonyl (C=O) groups is 1. The monoisotopic (exact) mass is 372 g/mol. The lowest BCUT2D eigenvalue weighted by molar-refractivity contribution is 0.0932. The predicted octanol–water partition coefficient (Wildman–Crippen LogP) is 1.43. The molecule has 1 amide bonds. The molecule has 0 atom stereocenters. The molecule has 1 N–H and O–H groups in total. The zero-order valence-electron chi connectivity index (χ0n) is 15.8. The Morgan fingerprint density at radius 1 is 1.19 bits per heavy atom. The Morgan fingerprint density at radius 2 is 1.93 bits per heavy atom. The quantitative estimate of drug-likeness (QED) is 0.736. The minimum absolute atomic E-state index is 0.237. The molecule has 0 radical (unpaired) electrons. The summed E-state index contributed by atoms with van der Waals surface area (Å²) in [5, 5.41) is 2.77. The van der Waals surface area contributed by atoms with Gasteiger partial charge in [0.25, 0.3) is 5.91 Å². The van der Waals surface area contributed by atoms with Crippen molar-refractivity contribution in [1.82, 2.24) is 15.3 Å². The highest BCUT2D eigenvalue weighted by molar-refractivity contribution is 5.92. The van der Waals surface area contributed by atoms with E-state index in [2.05, 4.69) is 20.2 Å². The summed E-state index contributed by atoms with van der Waals surface area (Å²) in [6.45, 7) is 2.30. The van der Waals surface area contributed by atoms with Crippen LogP contribution in [0.4, 0.5) is 5.95 Å². The van der Waals surface area contributed by atoms with E-state index in [0.29, 0.717) is 37.1 Å². The van der Waals surface area contributed by atoms with Crippen molar-refractivity contribution in [2.75, 3.05) is 45.9 Å². The normalized spacial score (nSPS) is 13.1. The minimum atomic E-state index is -0.237. The Hall–Kier alpha value is -2.87. The van der Waals surface area contributed by atoms with Gasteiger partial charge in [0.1, 0.15) is 5.69 Å². The summed E-state index contributed by atoms with van der Waals surface area (Å²) < 4.78 is 15.7. The number of methoxy groups -OCH3 is 3. The number of nitrogens with zero attached hydrogens (tertiary/aromatic N) is 3. The van der Waals surface area contributed by atoms with Crippen molar-refractivity contribution in [3.63, 3.8) is 0 Å². The van der Waals surface area contributed by atoms with Crippen LogP contribution in [0.2, 0.25) is 0 Å². The molecule has 0 saturated heterocycles. The summed E-state index contributed by atoms with van der Waals surface area (Å²) in [6, 6.07) is 5.62. The summed E-state index contributed by atoms with van der Waals surface area (Å²) >= 11 is 0. The smallest absolute Gasteiger partial charge is 0.270 e. The average Bonchev–Trinajstić information content (AvgIpc) is 2.72. The van der Waals surface area contributed by atoms with Crippen LogP contribution in [0.15, 0.2) is 24.4 Å². The van der Waals surface area contributed by atoms with Crippen LogP contribution in [-0.4, -0.2) is 56.9 Å². The first kappa shape index (κ1) is 18.9. The van der Waals surface area contributed by atoms with Crippen LogP contribution in [0.1, 0.15) is 21.6 Å². The highest BCUT2D eigenvalue weighted by Gasteiger charge is 2.22. The highest BCUT2D eigenvalue weighted by atomic mass is 16.5. The number of hydrogen-bond donors (Lipinski definition) is 1. The maximum absolute atomic E-state index is 12.2. The molecule has 2 aromatic rings. The number of fused-ring (bicyclic) bond motifs is 1. The molecule has 0 aliphatic carbocycles. The van der Waals surface area contributed by atoms with E-state index in [-0.39, 0.29) is 5.91 Å². The van der Waals surface area contributed by atoms with Gasteiger partial charge in [0.2, 0.25) is 5.95 Å². The van der Waals surface area contributed by atoms with E-state index in [9.17, 15) is 4.79 Å². The first-order valence-corrected chi connectivity index (χ1v) is 8.75. The zero-order chi connectivity index (χ0) is 19.2. The van der Waals surface area contributed by atoms with Crippen molar-refractivity contribution >= 4 is 11.9 Å². The van der Waals surface area contributed by atoms with Gasteiger partial charge in [-0.3, -0.25) is 4.79 Å². The molecule has 1 aromatic heterocycles. The van der Waals surface area contributed by atoms with Gasteiger partial charge >= 0.3 is 0 Å². The van der Waals surface area contributed by atoms with Crippen LogP contribution >= 0.6 is 0 Å². The summed E-state index contributed by atoms with van der Waals surface area (Å²) in [6.07, 6.45) is 2.45. The molecule has 0 unspecified atom stereocenters. The molecule has 1 aliphatic rings. The average molecular weight is 372 g/mol. The second kappa shape index (κ2) is 8.68. The lowest BCUT2D eigenvalue weighted by atomic mass is 9.99. The fraction of sp³-hybridized carbons (Fsp3) is 0.421. The predicted molar refractivity (Wildman–Crippen MR) is 101 cm³/mol. The van der Waals surface area contributed by atoms with Crippen molar-refractivity contribution in [1.29, 1.82) is 0 Å². The molecule has 1 aromatic carbocycles. The van der Waals surface area contributed by atoms with Crippen LogP contribution in [0.3, 0.4) is 0 Å². The molecule has 8 nitrogen and oxygen atoms in total. The molecule has 0 fully saturated rings. The van der Waals surface area contributed by atoms with Gasteiger partial charge in [-0.05, 0) is 35.7 Å². The van der Waals surface area contributed by atoms with Gasteiger partial charge in [-0.25, -0.2) is 9.97 Å². The van der Waals surface area contributed by atoms with E-state index in [1.165, 1.54) is 5.56 Å². The molecular weight excluding hydrogens is 348 g/mol. The van der Waals surface area contributed by atoms with Gasteiger partial charge < -0.3 is 24.4 Å².